The summed E-state index contributed by atoms with van der Waals surface area (Å²) in [6.45, 7) is 8.01. The zero-order chi connectivity index (χ0) is 15.9. The molecule has 1 atom stereocenters. The molecule has 1 heterocycles. The average Bonchev–Trinajstić information content (AvgIpc) is 2.44. The van der Waals surface area contributed by atoms with Gasteiger partial charge in [-0.2, -0.15) is 0 Å². The Morgan fingerprint density at radius 1 is 1.29 bits per heavy atom. The van der Waals surface area contributed by atoms with Gasteiger partial charge in [0.25, 0.3) is 0 Å². The van der Waals surface area contributed by atoms with Crippen LogP contribution in [0.2, 0.25) is 0 Å². The highest BCUT2D eigenvalue weighted by Gasteiger charge is 2.29. The van der Waals surface area contributed by atoms with Crippen molar-refractivity contribution in [1.29, 1.82) is 0 Å². The quantitative estimate of drug-likeness (QED) is 0.723. The number of amides is 1. The van der Waals surface area contributed by atoms with Crippen LogP contribution in [0.4, 0.5) is 0 Å². The van der Waals surface area contributed by atoms with Crippen LogP contribution >= 0.6 is 0 Å². The number of carbonyl (C=O) groups excluding carboxylic acids is 1. The lowest BCUT2D eigenvalue weighted by molar-refractivity contribution is -0.137. The third kappa shape index (κ3) is 6.76. The van der Waals surface area contributed by atoms with Gasteiger partial charge >= 0.3 is 0 Å². The molecule has 1 saturated heterocycles. The number of nitrogens with one attached hydrogen (secondary N) is 1. The topological polar surface area (TPSA) is 75.7 Å². The molecular formula is C14H28N2O4S. The molecule has 0 aromatic rings. The lowest BCUT2D eigenvalue weighted by Crippen LogP contribution is -2.52. The Hall–Kier alpha value is -0.660. The highest BCUT2D eigenvalue weighted by atomic mass is 32.2. The monoisotopic (exact) mass is 320 g/mol. The Bertz CT molecular complexity index is 417. The van der Waals surface area contributed by atoms with Gasteiger partial charge in [0, 0.05) is 13.1 Å². The van der Waals surface area contributed by atoms with Gasteiger partial charge in [-0.1, -0.05) is 27.2 Å². The van der Waals surface area contributed by atoms with E-state index in [2.05, 4.69) is 4.72 Å². The second-order valence-corrected chi connectivity index (χ2v) is 7.78. The zero-order valence-corrected chi connectivity index (χ0v) is 14.1. The predicted octanol–water partition coefficient (Wildman–Crippen LogP) is 0.979. The Morgan fingerprint density at radius 2 is 1.90 bits per heavy atom. The fraction of sp³-hybridized carbons (Fsp3) is 0.929. The predicted molar refractivity (Wildman–Crippen MR) is 82.5 cm³/mol. The molecule has 6 nitrogen and oxygen atoms in total. The molecule has 0 aliphatic carbocycles. The van der Waals surface area contributed by atoms with E-state index in [9.17, 15) is 13.2 Å². The van der Waals surface area contributed by atoms with E-state index in [0.717, 1.165) is 6.42 Å². The molecule has 0 bridgehead atoms. The zero-order valence-electron chi connectivity index (χ0n) is 13.3. The number of ether oxygens (including phenoxy) is 1. The Kier molecular flexibility index (Phi) is 7.62. The largest absolute Gasteiger partial charge is 0.378 e. The van der Waals surface area contributed by atoms with Crippen molar-refractivity contribution < 1.29 is 17.9 Å². The maximum absolute atomic E-state index is 12.5. The minimum Gasteiger partial charge on any atom is -0.378 e. The van der Waals surface area contributed by atoms with Crippen molar-refractivity contribution in [2.24, 2.45) is 5.92 Å². The van der Waals surface area contributed by atoms with Gasteiger partial charge in [-0.05, 0) is 18.8 Å². The third-order valence-electron chi connectivity index (χ3n) is 3.42. The molecule has 1 rings (SSSR count). The van der Waals surface area contributed by atoms with Crippen LogP contribution in [0.25, 0.3) is 0 Å². The second kappa shape index (κ2) is 8.70. The summed E-state index contributed by atoms with van der Waals surface area (Å²) >= 11 is 0. The number of hydrogen-bond acceptors (Lipinski definition) is 4. The maximum Gasteiger partial charge on any atom is 0.240 e. The van der Waals surface area contributed by atoms with Crippen LogP contribution in [0, 0.1) is 5.92 Å². The molecule has 0 radical (unpaired) electrons. The second-order valence-electron chi connectivity index (χ2n) is 5.91. The third-order valence-corrected chi connectivity index (χ3v) is 4.89. The van der Waals surface area contributed by atoms with Gasteiger partial charge in [0.2, 0.25) is 15.9 Å². The van der Waals surface area contributed by atoms with Gasteiger partial charge in [0.05, 0.1) is 19.0 Å². The van der Waals surface area contributed by atoms with Gasteiger partial charge < -0.3 is 9.64 Å². The van der Waals surface area contributed by atoms with Crippen LogP contribution in [0.5, 0.6) is 0 Å². The summed E-state index contributed by atoms with van der Waals surface area (Å²) in [5.41, 5.74) is 0. The number of unbranched alkanes of at least 4 members (excludes halogenated alkanes) is 1. The van der Waals surface area contributed by atoms with E-state index in [1.807, 2.05) is 20.8 Å². The highest BCUT2D eigenvalue weighted by Crippen LogP contribution is 2.11. The summed E-state index contributed by atoms with van der Waals surface area (Å²) in [4.78, 5) is 14.2. The molecule has 1 N–H and O–H groups in total. The molecule has 0 spiro atoms. The minimum absolute atomic E-state index is 0.0779. The lowest BCUT2D eigenvalue weighted by Gasteiger charge is -2.31. The molecule has 1 aliphatic heterocycles. The summed E-state index contributed by atoms with van der Waals surface area (Å²) in [5, 5.41) is 0. The number of rotatable bonds is 8. The Balaban J connectivity index is 2.72. The number of carbonyl (C=O) groups is 1. The Morgan fingerprint density at radius 3 is 2.43 bits per heavy atom. The van der Waals surface area contributed by atoms with Crippen LogP contribution in [-0.4, -0.2) is 57.3 Å². The molecule has 0 aromatic carbocycles. The fourth-order valence-corrected chi connectivity index (χ4v) is 3.70. The SMILES string of the molecule is CCCCS(=O)(=O)N[C@@H](CC(C)C)C(=O)N1CCOCC1. The van der Waals surface area contributed by atoms with Crippen molar-refractivity contribution in [3.8, 4) is 0 Å². The summed E-state index contributed by atoms with van der Waals surface area (Å²) < 4.78 is 32.0. The van der Waals surface area contributed by atoms with E-state index in [1.54, 1.807) is 4.90 Å². The first-order chi connectivity index (χ1) is 9.85. The molecule has 1 aliphatic rings. The number of sulfonamides is 1. The van der Waals surface area contributed by atoms with Crippen LogP contribution < -0.4 is 4.72 Å². The van der Waals surface area contributed by atoms with Crippen LogP contribution in [0.1, 0.15) is 40.0 Å². The fourth-order valence-electron chi connectivity index (χ4n) is 2.28. The van der Waals surface area contributed by atoms with Gasteiger partial charge in [0.15, 0.2) is 0 Å². The molecule has 0 saturated carbocycles. The number of hydrogen-bond donors (Lipinski definition) is 1. The van der Waals surface area contributed by atoms with Crippen molar-refractivity contribution >= 4 is 15.9 Å². The molecule has 7 heteroatoms. The van der Waals surface area contributed by atoms with E-state index in [1.165, 1.54) is 0 Å². The molecule has 1 fully saturated rings. The van der Waals surface area contributed by atoms with Crippen molar-refractivity contribution in [3.63, 3.8) is 0 Å². The molecular weight excluding hydrogens is 292 g/mol. The van der Waals surface area contributed by atoms with Crippen LogP contribution in [0.3, 0.4) is 0 Å². The molecule has 1 amide bonds. The molecule has 0 unspecified atom stereocenters. The van der Waals surface area contributed by atoms with E-state index < -0.39 is 16.1 Å². The van der Waals surface area contributed by atoms with Crippen molar-refractivity contribution in [2.75, 3.05) is 32.1 Å². The average molecular weight is 320 g/mol. The first-order valence-electron chi connectivity index (χ1n) is 7.72. The lowest BCUT2D eigenvalue weighted by atomic mass is 10.0. The van der Waals surface area contributed by atoms with E-state index >= 15 is 0 Å². The summed E-state index contributed by atoms with van der Waals surface area (Å²) in [6, 6.07) is -0.662. The van der Waals surface area contributed by atoms with Crippen molar-refractivity contribution in [2.45, 2.75) is 46.1 Å². The van der Waals surface area contributed by atoms with E-state index in [-0.39, 0.29) is 17.6 Å². The van der Waals surface area contributed by atoms with E-state index in [4.69, 9.17) is 4.74 Å². The van der Waals surface area contributed by atoms with Gasteiger partial charge in [-0.15, -0.1) is 0 Å². The van der Waals surface area contributed by atoms with Gasteiger partial charge in [-0.25, -0.2) is 13.1 Å². The number of nitrogens with zero attached hydrogens (tertiary/aromatic N) is 1. The molecule has 124 valence electrons. The van der Waals surface area contributed by atoms with Crippen LogP contribution in [-0.2, 0) is 19.6 Å². The molecule has 0 aromatic heterocycles. The molecule has 21 heavy (non-hydrogen) atoms. The van der Waals surface area contributed by atoms with Gasteiger partial charge in [-0.3, -0.25) is 4.79 Å². The van der Waals surface area contributed by atoms with Crippen LogP contribution in [0.15, 0.2) is 0 Å². The standard InChI is InChI=1S/C14H28N2O4S/c1-4-5-10-21(18,19)15-13(11-12(2)3)14(17)16-6-8-20-9-7-16/h12-13,15H,4-11H2,1-3H3/t13-/m0/s1. The normalized spacial score (nSPS) is 18.0. The van der Waals surface area contributed by atoms with Crippen molar-refractivity contribution in [1.82, 2.24) is 9.62 Å². The first kappa shape index (κ1) is 18.4. The van der Waals surface area contributed by atoms with Gasteiger partial charge in [0.1, 0.15) is 6.04 Å². The Labute approximate surface area is 128 Å². The van der Waals surface area contributed by atoms with Crippen molar-refractivity contribution in [3.05, 3.63) is 0 Å². The number of morpholine rings is 1. The smallest absolute Gasteiger partial charge is 0.240 e. The first-order valence-corrected chi connectivity index (χ1v) is 9.37. The summed E-state index contributed by atoms with van der Waals surface area (Å²) in [7, 11) is -3.40. The minimum atomic E-state index is -3.40. The summed E-state index contributed by atoms with van der Waals surface area (Å²) in [6.07, 6.45) is 1.93. The maximum atomic E-state index is 12.5. The van der Waals surface area contributed by atoms with E-state index in [0.29, 0.717) is 39.1 Å². The summed E-state index contributed by atoms with van der Waals surface area (Å²) in [5.74, 6) is 0.190. The highest BCUT2D eigenvalue weighted by molar-refractivity contribution is 7.89.